The second kappa shape index (κ2) is 5.82. The van der Waals surface area contributed by atoms with E-state index in [0.717, 1.165) is 19.3 Å². The molecule has 2 bridgehead atoms. The summed E-state index contributed by atoms with van der Waals surface area (Å²) in [5.74, 6) is 0.422. The van der Waals surface area contributed by atoms with E-state index in [4.69, 9.17) is 15.2 Å². The summed E-state index contributed by atoms with van der Waals surface area (Å²) in [4.78, 5) is 0. The number of fused-ring (bicyclic) bond motifs is 2. The highest BCUT2D eigenvalue weighted by Gasteiger charge is 2.42. The Bertz CT molecular complexity index is 605. The fourth-order valence-corrected chi connectivity index (χ4v) is 4.05. The summed E-state index contributed by atoms with van der Waals surface area (Å²) >= 11 is 0. The molecule has 2 heterocycles. The number of rotatable bonds is 6. The minimum Gasteiger partial charge on any atom is -0.490 e. The van der Waals surface area contributed by atoms with E-state index in [1.165, 1.54) is 0 Å². The number of benzene rings is 1. The third-order valence-electron chi connectivity index (χ3n) is 3.97. The molecule has 116 valence electrons. The Hall–Kier alpha value is -1.31. The van der Waals surface area contributed by atoms with Crippen LogP contribution in [0.4, 0.5) is 5.69 Å². The number of hydrogen-bond donors (Lipinski definition) is 2. The van der Waals surface area contributed by atoms with Gasteiger partial charge in [-0.15, -0.1) is 0 Å². The molecule has 3 N–H and O–H groups in total. The van der Waals surface area contributed by atoms with E-state index in [1.54, 1.807) is 24.3 Å². The van der Waals surface area contributed by atoms with Gasteiger partial charge < -0.3 is 15.2 Å². The molecule has 3 unspecified atom stereocenters. The van der Waals surface area contributed by atoms with Crippen molar-refractivity contribution >= 4 is 15.7 Å². The van der Waals surface area contributed by atoms with Crippen molar-refractivity contribution in [2.75, 3.05) is 18.1 Å². The first-order chi connectivity index (χ1) is 10.0. The van der Waals surface area contributed by atoms with Crippen LogP contribution in [0.3, 0.4) is 0 Å². The molecular formula is C14H20N2O4S. The Kier molecular flexibility index (Phi) is 4.05. The third-order valence-corrected chi connectivity index (χ3v) is 5.33. The zero-order valence-electron chi connectivity index (χ0n) is 11.7. The molecule has 2 fully saturated rings. The number of sulfonamides is 1. The van der Waals surface area contributed by atoms with Crippen molar-refractivity contribution in [3.05, 3.63) is 24.3 Å². The maximum Gasteiger partial charge on any atom is 0.215 e. The van der Waals surface area contributed by atoms with Gasteiger partial charge in [-0.1, -0.05) is 12.1 Å². The van der Waals surface area contributed by atoms with E-state index in [9.17, 15) is 8.42 Å². The maximum absolute atomic E-state index is 12.1. The molecule has 6 nitrogen and oxygen atoms in total. The number of anilines is 1. The lowest BCUT2D eigenvalue weighted by molar-refractivity contribution is 0.0995. The quantitative estimate of drug-likeness (QED) is 0.761. The smallest absolute Gasteiger partial charge is 0.215 e. The molecule has 0 amide bonds. The van der Waals surface area contributed by atoms with E-state index in [-0.39, 0.29) is 30.6 Å². The van der Waals surface area contributed by atoms with Crippen molar-refractivity contribution in [3.63, 3.8) is 0 Å². The van der Waals surface area contributed by atoms with Gasteiger partial charge in [0.2, 0.25) is 10.0 Å². The van der Waals surface area contributed by atoms with Gasteiger partial charge in [0.25, 0.3) is 0 Å². The first-order valence-electron chi connectivity index (χ1n) is 7.16. The molecule has 2 aliphatic heterocycles. The average molecular weight is 312 g/mol. The normalized spacial score (nSPS) is 27.9. The van der Waals surface area contributed by atoms with Gasteiger partial charge in [-0.05, 0) is 31.4 Å². The first kappa shape index (κ1) is 14.6. The molecular weight excluding hydrogens is 292 g/mol. The maximum atomic E-state index is 12.1. The summed E-state index contributed by atoms with van der Waals surface area (Å²) in [6, 6.07) is 6.95. The molecule has 2 aliphatic rings. The van der Waals surface area contributed by atoms with Gasteiger partial charge in [-0.25, -0.2) is 13.1 Å². The van der Waals surface area contributed by atoms with Gasteiger partial charge in [0.05, 0.1) is 29.7 Å². The van der Waals surface area contributed by atoms with Gasteiger partial charge in [-0.2, -0.15) is 0 Å². The summed E-state index contributed by atoms with van der Waals surface area (Å²) < 4.78 is 37.9. The van der Waals surface area contributed by atoms with Crippen molar-refractivity contribution in [3.8, 4) is 5.75 Å². The molecule has 21 heavy (non-hydrogen) atoms. The molecule has 7 heteroatoms. The Morgan fingerprint density at radius 1 is 1.33 bits per heavy atom. The van der Waals surface area contributed by atoms with Gasteiger partial charge in [0.1, 0.15) is 12.4 Å². The lowest BCUT2D eigenvalue weighted by atomic mass is 9.96. The number of hydrogen-bond acceptors (Lipinski definition) is 5. The summed E-state index contributed by atoms with van der Waals surface area (Å²) in [6.45, 7) is 0.0746. The van der Waals surface area contributed by atoms with E-state index in [2.05, 4.69) is 4.72 Å². The average Bonchev–Trinajstić information content (AvgIpc) is 3.02. The summed E-state index contributed by atoms with van der Waals surface area (Å²) in [5, 5.41) is 0. The predicted molar refractivity (Wildman–Crippen MR) is 79.6 cm³/mol. The molecule has 0 spiro atoms. The Balaban J connectivity index is 1.49. The summed E-state index contributed by atoms with van der Waals surface area (Å²) in [6.07, 6.45) is 3.02. The number of para-hydroxylation sites is 2. The number of nitrogen functional groups attached to an aromatic ring is 1. The molecule has 2 saturated heterocycles. The Morgan fingerprint density at radius 3 is 2.81 bits per heavy atom. The molecule has 0 radical (unpaired) electrons. The predicted octanol–water partition coefficient (Wildman–Crippen LogP) is 0.887. The molecule has 0 saturated carbocycles. The van der Waals surface area contributed by atoms with Crippen molar-refractivity contribution in [2.45, 2.75) is 37.5 Å². The highest BCUT2D eigenvalue weighted by Crippen LogP contribution is 2.34. The van der Waals surface area contributed by atoms with Crippen LogP contribution < -0.4 is 15.2 Å². The van der Waals surface area contributed by atoms with E-state index >= 15 is 0 Å². The van der Waals surface area contributed by atoms with Crippen LogP contribution in [0, 0.1) is 0 Å². The summed E-state index contributed by atoms with van der Waals surface area (Å²) in [7, 11) is -3.37. The largest absolute Gasteiger partial charge is 0.490 e. The van der Waals surface area contributed by atoms with E-state index < -0.39 is 10.0 Å². The van der Waals surface area contributed by atoms with Crippen LogP contribution in [0.1, 0.15) is 19.3 Å². The van der Waals surface area contributed by atoms with Crippen LogP contribution in [0.5, 0.6) is 5.75 Å². The van der Waals surface area contributed by atoms with E-state index in [0.29, 0.717) is 11.4 Å². The van der Waals surface area contributed by atoms with Crippen LogP contribution in [0.25, 0.3) is 0 Å². The first-order valence-corrected chi connectivity index (χ1v) is 8.81. The lowest BCUT2D eigenvalue weighted by Gasteiger charge is -2.20. The molecule has 3 rings (SSSR count). The fourth-order valence-electron chi connectivity index (χ4n) is 2.92. The van der Waals surface area contributed by atoms with Crippen LogP contribution >= 0.6 is 0 Å². The number of nitrogens with two attached hydrogens (primary N) is 1. The topological polar surface area (TPSA) is 90.7 Å². The number of nitrogens with one attached hydrogen (secondary N) is 1. The highest BCUT2D eigenvalue weighted by atomic mass is 32.2. The monoisotopic (exact) mass is 312 g/mol. The molecule has 1 aromatic carbocycles. The number of ether oxygens (including phenoxy) is 2. The van der Waals surface area contributed by atoms with Gasteiger partial charge >= 0.3 is 0 Å². The van der Waals surface area contributed by atoms with Crippen molar-refractivity contribution in [2.24, 2.45) is 0 Å². The minimum absolute atomic E-state index is 0.0375. The van der Waals surface area contributed by atoms with E-state index in [1.807, 2.05) is 0 Å². The van der Waals surface area contributed by atoms with Gasteiger partial charge in [0, 0.05) is 0 Å². The minimum atomic E-state index is -3.37. The van der Waals surface area contributed by atoms with Crippen LogP contribution in [0.2, 0.25) is 0 Å². The fraction of sp³-hybridized carbons (Fsp3) is 0.571. The van der Waals surface area contributed by atoms with Gasteiger partial charge in [0.15, 0.2) is 0 Å². The van der Waals surface area contributed by atoms with Crippen LogP contribution in [-0.2, 0) is 14.8 Å². The Labute approximate surface area is 124 Å². The van der Waals surface area contributed by atoms with Gasteiger partial charge in [-0.3, -0.25) is 0 Å². The zero-order chi connectivity index (χ0) is 14.9. The Morgan fingerprint density at radius 2 is 2.14 bits per heavy atom. The van der Waals surface area contributed by atoms with Crippen molar-refractivity contribution < 1.29 is 17.9 Å². The second-order valence-corrected chi connectivity index (χ2v) is 7.41. The molecule has 0 aliphatic carbocycles. The lowest BCUT2D eigenvalue weighted by Crippen LogP contribution is -2.43. The standard InChI is InChI=1S/C14H20N2O4S/c15-11-3-1-2-4-13(11)19-7-8-21(17,18)16-12-9-10-5-6-14(12)20-10/h1-4,10,12,14,16H,5-9,15H2. The SMILES string of the molecule is Nc1ccccc1OCCS(=O)(=O)NC1CC2CCC1O2. The molecule has 0 aromatic heterocycles. The second-order valence-electron chi connectivity index (χ2n) is 5.54. The third kappa shape index (κ3) is 3.48. The zero-order valence-corrected chi connectivity index (χ0v) is 12.5. The summed E-state index contributed by atoms with van der Waals surface area (Å²) in [5.41, 5.74) is 6.24. The highest BCUT2D eigenvalue weighted by molar-refractivity contribution is 7.89. The van der Waals surface area contributed by atoms with Crippen LogP contribution in [0.15, 0.2) is 24.3 Å². The van der Waals surface area contributed by atoms with Crippen molar-refractivity contribution in [1.29, 1.82) is 0 Å². The molecule has 1 aromatic rings. The molecule has 3 atom stereocenters. The van der Waals surface area contributed by atoms with Crippen LogP contribution in [-0.4, -0.2) is 39.0 Å². The van der Waals surface area contributed by atoms with Crippen molar-refractivity contribution in [1.82, 2.24) is 4.72 Å².